The van der Waals surface area contributed by atoms with Gasteiger partial charge in [0.05, 0.1) is 11.4 Å². The van der Waals surface area contributed by atoms with Crippen LogP contribution >= 0.6 is 15.9 Å². The molecule has 2 N–H and O–H groups in total. The molecule has 1 saturated heterocycles. The lowest BCUT2D eigenvalue weighted by Gasteiger charge is -2.34. The third-order valence-corrected chi connectivity index (χ3v) is 4.76. The average Bonchev–Trinajstić information content (AvgIpc) is 2.45. The van der Waals surface area contributed by atoms with Crippen LogP contribution in [0.1, 0.15) is 19.3 Å². The summed E-state index contributed by atoms with van der Waals surface area (Å²) in [6.45, 7) is 5.78. The monoisotopic (exact) mass is 323 g/mol. The number of piperidine rings is 1. The minimum absolute atomic E-state index is 0.912. The first-order valence-electron chi connectivity index (χ1n) is 7.32. The quantitative estimate of drug-likeness (QED) is 0.895. The van der Waals surface area contributed by atoms with Crippen molar-refractivity contribution < 1.29 is 0 Å². The Morgan fingerprint density at radius 2 is 2.05 bits per heavy atom. The number of nitrogens with one attached hydrogen (secondary N) is 2. The smallest absolute Gasteiger partial charge is 0.0603 e. The molecule has 0 aliphatic carbocycles. The molecule has 1 aromatic rings. The molecule has 2 heterocycles. The van der Waals surface area contributed by atoms with Gasteiger partial charge in [0.2, 0.25) is 0 Å². The highest BCUT2D eigenvalue weighted by molar-refractivity contribution is 9.10. The van der Waals surface area contributed by atoms with Gasteiger partial charge in [-0.1, -0.05) is 15.9 Å². The summed E-state index contributed by atoms with van der Waals surface area (Å²) in [6, 6.07) is 6.56. The van der Waals surface area contributed by atoms with E-state index in [0.717, 1.165) is 23.5 Å². The molecule has 2 aliphatic rings. The Bertz CT molecular complexity index is 429. The fourth-order valence-electron chi connectivity index (χ4n) is 3.11. The lowest BCUT2D eigenvalue weighted by atomic mass is 9.94. The van der Waals surface area contributed by atoms with Crippen LogP contribution in [0.15, 0.2) is 22.7 Å². The third kappa shape index (κ3) is 3.23. The second kappa shape index (κ2) is 6.14. The Morgan fingerprint density at radius 1 is 1.21 bits per heavy atom. The second-order valence-corrected chi connectivity index (χ2v) is 6.47. The van der Waals surface area contributed by atoms with Crippen LogP contribution in [0.3, 0.4) is 0 Å². The number of nitrogens with zero attached hydrogens (tertiary/aromatic N) is 1. The van der Waals surface area contributed by atoms with Gasteiger partial charge in [0.15, 0.2) is 0 Å². The number of benzene rings is 1. The van der Waals surface area contributed by atoms with Crippen LogP contribution in [0, 0.1) is 5.92 Å². The van der Waals surface area contributed by atoms with Gasteiger partial charge in [0.1, 0.15) is 0 Å². The van der Waals surface area contributed by atoms with Gasteiger partial charge in [-0.25, -0.2) is 0 Å². The zero-order valence-electron chi connectivity index (χ0n) is 11.3. The number of fused-ring (bicyclic) bond motifs is 1. The molecule has 0 bridgehead atoms. The van der Waals surface area contributed by atoms with E-state index in [9.17, 15) is 0 Å². The maximum atomic E-state index is 3.55. The van der Waals surface area contributed by atoms with Crippen molar-refractivity contribution >= 4 is 27.3 Å². The lowest BCUT2D eigenvalue weighted by Crippen LogP contribution is -2.36. The van der Waals surface area contributed by atoms with E-state index < -0.39 is 0 Å². The van der Waals surface area contributed by atoms with Gasteiger partial charge in [-0.15, -0.1) is 0 Å². The largest absolute Gasteiger partial charge is 0.382 e. The van der Waals surface area contributed by atoms with Gasteiger partial charge >= 0.3 is 0 Å². The van der Waals surface area contributed by atoms with Gasteiger partial charge < -0.3 is 15.5 Å². The summed E-state index contributed by atoms with van der Waals surface area (Å²) in [7, 11) is 0. The number of hydrogen-bond acceptors (Lipinski definition) is 3. The van der Waals surface area contributed by atoms with E-state index in [1.807, 2.05) is 0 Å². The van der Waals surface area contributed by atoms with Crippen molar-refractivity contribution in [2.24, 2.45) is 5.92 Å². The van der Waals surface area contributed by atoms with Crippen LogP contribution in [0.25, 0.3) is 0 Å². The molecule has 0 atom stereocenters. The predicted octanol–water partition coefficient (Wildman–Crippen LogP) is 3.07. The molecule has 3 nitrogen and oxygen atoms in total. The second-order valence-electron chi connectivity index (χ2n) is 5.56. The number of halogens is 1. The molecular formula is C15H22BrN3. The number of hydrogen-bond donors (Lipinski definition) is 2. The maximum Gasteiger partial charge on any atom is 0.0603 e. The predicted molar refractivity (Wildman–Crippen MR) is 85.1 cm³/mol. The fraction of sp³-hybridized carbons (Fsp3) is 0.600. The van der Waals surface area contributed by atoms with Gasteiger partial charge in [-0.05, 0) is 56.5 Å². The molecular weight excluding hydrogens is 302 g/mol. The van der Waals surface area contributed by atoms with Crippen LogP contribution in [0.2, 0.25) is 0 Å². The maximum absolute atomic E-state index is 3.55. The van der Waals surface area contributed by atoms with Crippen molar-refractivity contribution in [1.82, 2.24) is 5.32 Å². The number of rotatable bonds is 3. The van der Waals surface area contributed by atoms with Crippen molar-refractivity contribution in [3.8, 4) is 0 Å². The van der Waals surface area contributed by atoms with E-state index in [1.54, 1.807) is 0 Å². The molecule has 0 radical (unpaired) electrons. The summed E-state index contributed by atoms with van der Waals surface area (Å²) in [5, 5.41) is 6.94. The van der Waals surface area contributed by atoms with E-state index in [0.29, 0.717) is 0 Å². The van der Waals surface area contributed by atoms with Crippen molar-refractivity contribution in [2.45, 2.75) is 19.3 Å². The molecule has 0 aromatic heterocycles. The Morgan fingerprint density at radius 3 is 2.89 bits per heavy atom. The highest BCUT2D eigenvalue weighted by Crippen LogP contribution is 2.32. The van der Waals surface area contributed by atoms with Gasteiger partial charge in [-0.2, -0.15) is 0 Å². The Kier molecular flexibility index (Phi) is 4.28. The first-order valence-corrected chi connectivity index (χ1v) is 8.11. The molecule has 19 heavy (non-hydrogen) atoms. The highest BCUT2D eigenvalue weighted by Gasteiger charge is 2.19. The molecule has 0 spiro atoms. The molecule has 0 unspecified atom stereocenters. The van der Waals surface area contributed by atoms with Crippen LogP contribution in [0.4, 0.5) is 11.4 Å². The molecule has 1 aromatic carbocycles. The normalized spacial score (nSPS) is 19.9. The van der Waals surface area contributed by atoms with Gasteiger partial charge in [0.25, 0.3) is 0 Å². The van der Waals surface area contributed by atoms with E-state index in [-0.39, 0.29) is 0 Å². The topological polar surface area (TPSA) is 27.3 Å². The van der Waals surface area contributed by atoms with E-state index >= 15 is 0 Å². The Balaban J connectivity index is 1.63. The molecule has 1 fully saturated rings. The Labute approximate surface area is 123 Å². The summed E-state index contributed by atoms with van der Waals surface area (Å²) in [6.07, 6.45) is 4.02. The minimum Gasteiger partial charge on any atom is -0.382 e. The number of anilines is 2. The van der Waals surface area contributed by atoms with Crippen LogP contribution in [-0.4, -0.2) is 32.7 Å². The van der Waals surface area contributed by atoms with E-state index in [2.05, 4.69) is 49.7 Å². The molecule has 3 rings (SSSR count). The van der Waals surface area contributed by atoms with Crippen molar-refractivity contribution in [3.63, 3.8) is 0 Å². The zero-order valence-corrected chi connectivity index (χ0v) is 12.9. The summed E-state index contributed by atoms with van der Waals surface area (Å²) < 4.78 is 1.15. The summed E-state index contributed by atoms with van der Waals surface area (Å²) in [4.78, 5) is 2.54. The van der Waals surface area contributed by atoms with E-state index in [4.69, 9.17) is 0 Å². The third-order valence-electron chi connectivity index (χ3n) is 4.26. The van der Waals surface area contributed by atoms with Crippen molar-refractivity contribution in [2.75, 3.05) is 42.9 Å². The van der Waals surface area contributed by atoms with Crippen LogP contribution < -0.4 is 15.5 Å². The Hall–Kier alpha value is -0.740. The first kappa shape index (κ1) is 13.3. The zero-order chi connectivity index (χ0) is 13.1. The van der Waals surface area contributed by atoms with E-state index in [1.165, 1.54) is 50.3 Å². The molecule has 0 saturated carbocycles. The standard InChI is InChI=1S/C15H22BrN3/c16-13-1-2-15-14(11-13)18-8-10-19(15)9-5-12-3-6-17-7-4-12/h1-2,11-12,17-18H,3-10H2. The fourth-order valence-corrected chi connectivity index (χ4v) is 3.47. The highest BCUT2D eigenvalue weighted by atomic mass is 79.9. The first-order chi connectivity index (χ1) is 9.33. The molecule has 4 heteroatoms. The molecule has 0 amide bonds. The lowest BCUT2D eigenvalue weighted by molar-refractivity contribution is 0.355. The summed E-state index contributed by atoms with van der Waals surface area (Å²) >= 11 is 3.55. The average molecular weight is 324 g/mol. The summed E-state index contributed by atoms with van der Waals surface area (Å²) in [5.41, 5.74) is 2.63. The minimum atomic E-state index is 0.912. The van der Waals surface area contributed by atoms with Crippen LogP contribution in [0.5, 0.6) is 0 Å². The van der Waals surface area contributed by atoms with Crippen LogP contribution in [-0.2, 0) is 0 Å². The molecule has 104 valence electrons. The van der Waals surface area contributed by atoms with Crippen molar-refractivity contribution in [1.29, 1.82) is 0 Å². The SMILES string of the molecule is Brc1ccc2c(c1)NCCN2CCC1CCNCC1. The molecule has 2 aliphatic heterocycles. The summed E-state index contributed by atoms with van der Waals surface area (Å²) in [5.74, 6) is 0.912. The van der Waals surface area contributed by atoms with Gasteiger partial charge in [0, 0.05) is 24.1 Å². The van der Waals surface area contributed by atoms with Crippen molar-refractivity contribution in [3.05, 3.63) is 22.7 Å². The van der Waals surface area contributed by atoms with Gasteiger partial charge in [-0.3, -0.25) is 0 Å².